The van der Waals surface area contributed by atoms with Gasteiger partial charge in [0, 0.05) is 30.2 Å². The second-order valence-corrected chi connectivity index (χ2v) is 5.41. The molecule has 1 saturated heterocycles. The van der Waals surface area contributed by atoms with Crippen LogP contribution < -0.4 is 14.8 Å². The first-order valence-corrected chi connectivity index (χ1v) is 7.82. The van der Waals surface area contributed by atoms with Crippen LogP contribution in [-0.4, -0.2) is 33.5 Å². The molecule has 1 aromatic rings. The Kier molecular flexibility index (Phi) is 5.88. The summed E-state index contributed by atoms with van der Waals surface area (Å²) in [7, 11) is 3.39. The molecule has 0 radical (unpaired) electrons. The number of ether oxygens (including phenoxy) is 3. The topological polar surface area (TPSA) is 39.7 Å². The van der Waals surface area contributed by atoms with Gasteiger partial charge in [-0.3, -0.25) is 0 Å². The number of nitrogens with one attached hydrogen (secondary N) is 1. The van der Waals surface area contributed by atoms with Gasteiger partial charge >= 0.3 is 0 Å². The Hall–Kier alpha value is -1.26. The average Bonchev–Trinajstić information content (AvgIpc) is 3.00. The lowest BCUT2D eigenvalue weighted by atomic mass is 9.86. The Morgan fingerprint density at radius 2 is 2.10 bits per heavy atom. The van der Waals surface area contributed by atoms with Crippen LogP contribution in [-0.2, 0) is 4.74 Å². The van der Waals surface area contributed by atoms with Gasteiger partial charge < -0.3 is 19.5 Å². The van der Waals surface area contributed by atoms with Crippen molar-refractivity contribution in [3.8, 4) is 11.5 Å². The van der Waals surface area contributed by atoms with Crippen LogP contribution in [0.15, 0.2) is 18.2 Å². The van der Waals surface area contributed by atoms with E-state index in [0.29, 0.717) is 12.0 Å². The van der Waals surface area contributed by atoms with Crippen molar-refractivity contribution >= 4 is 0 Å². The molecule has 1 heterocycles. The van der Waals surface area contributed by atoms with Crippen molar-refractivity contribution in [3.63, 3.8) is 0 Å². The molecule has 4 nitrogen and oxygen atoms in total. The molecule has 1 aliphatic heterocycles. The van der Waals surface area contributed by atoms with E-state index in [-0.39, 0.29) is 6.04 Å². The highest BCUT2D eigenvalue weighted by Gasteiger charge is 2.35. The van der Waals surface area contributed by atoms with Crippen molar-refractivity contribution in [2.75, 3.05) is 27.4 Å². The summed E-state index contributed by atoms with van der Waals surface area (Å²) in [4.78, 5) is 0. The molecular weight excluding hydrogens is 266 g/mol. The van der Waals surface area contributed by atoms with Crippen molar-refractivity contribution in [2.45, 2.75) is 38.8 Å². The van der Waals surface area contributed by atoms with Gasteiger partial charge in [0.05, 0.1) is 20.3 Å². The van der Waals surface area contributed by atoms with Crippen LogP contribution in [0.3, 0.4) is 0 Å². The lowest BCUT2D eigenvalue weighted by molar-refractivity contribution is 0.0773. The van der Waals surface area contributed by atoms with Gasteiger partial charge in [0.2, 0.25) is 0 Å². The molecule has 1 aliphatic rings. The van der Waals surface area contributed by atoms with Gasteiger partial charge in [-0.25, -0.2) is 0 Å². The van der Waals surface area contributed by atoms with Crippen LogP contribution in [0.5, 0.6) is 11.5 Å². The SMILES string of the molecule is CCNC(c1ccc(OC)cc1OC)C1CCOC1CC. The van der Waals surface area contributed by atoms with Crippen molar-refractivity contribution in [1.29, 1.82) is 0 Å². The van der Waals surface area contributed by atoms with Crippen molar-refractivity contribution in [2.24, 2.45) is 5.92 Å². The number of benzene rings is 1. The zero-order valence-electron chi connectivity index (χ0n) is 13.5. The fraction of sp³-hybridized carbons (Fsp3) is 0.647. The monoisotopic (exact) mass is 293 g/mol. The number of hydrogen-bond donors (Lipinski definition) is 1. The molecule has 0 aliphatic carbocycles. The quantitative estimate of drug-likeness (QED) is 0.838. The lowest BCUT2D eigenvalue weighted by Crippen LogP contribution is -2.33. The van der Waals surface area contributed by atoms with Crippen LogP contribution in [0.1, 0.15) is 38.3 Å². The van der Waals surface area contributed by atoms with Crippen LogP contribution in [0.2, 0.25) is 0 Å². The third-order valence-electron chi connectivity index (χ3n) is 4.29. The Morgan fingerprint density at radius 3 is 2.71 bits per heavy atom. The summed E-state index contributed by atoms with van der Waals surface area (Å²) < 4.78 is 16.8. The number of rotatable bonds is 7. The lowest BCUT2D eigenvalue weighted by Gasteiger charge is -2.29. The second kappa shape index (κ2) is 7.66. The summed E-state index contributed by atoms with van der Waals surface area (Å²) in [6.45, 7) is 6.10. The molecule has 1 fully saturated rings. The maximum atomic E-state index is 5.88. The molecule has 0 saturated carbocycles. The number of hydrogen-bond acceptors (Lipinski definition) is 4. The predicted molar refractivity (Wildman–Crippen MR) is 84.1 cm³/mol. The highest BCUT2D eigenvalue weighted by atomic mass is 16.5. The molecule has 2 rings (SSSR count). The van der Waals surface area contributed by atoms with Crippen LogP contribution in [0.4, 0.5) is 0 Å². The summed E-state index contributed by atoms with van der Waals surface area (Å²) in [5.74, 6) is 2.18. The van der Waals surface area contributed by atoms with Crippen molar-refractivity contribution in [1.82, 2.24) is 5.32 Å². The van der Waals surface area contributed by atoms with E-state index < -0.39 is 0 Å². The molecule has 1 N–H and O–H groups in total. The standard InChI is InChI=1S/C17H27NO3/c1-5-15-14(9-10-21-15)17(18-6-2)13-8-7-12(19-3)11-16(13)20-4/h7-8,11,14-15,17-18H,5-6,9-10H2,1-4H3. The van der Waals surface area contributed by atoms with E-state index in [2.05, 4.69) is 25.2 Å². The molecule has 3 atom stereocenters. The highest BCUT2D eigenvalue weighted by Crippen LogP contribution is 2.39. The molecule has 0 spiro atoms. The molecular formula is C17H27NO3. The minimum atomic E-state index is 0.253. The zero-order chi connectivity index (χ0) is 15.2. The van der Waals surface area contributed by atoms with Crippen molar-refractivity contribution < 1.29 is 14.2 Å². The van der Waals surface area contributed by atoms with Gasteiger partial charge in [-0.1, -0.05) is 19.9 Å². The second-order valence-electron chi connectivity index (χ2n) is 5.41. The van der Waals surface area contributed by atoms with Gasteiger partial charge in [-0.15, -0.1) is 0 Å². The molecule has 0 aromatic heterocycles. The van der Waals surface area contributed by atoms with Gasteiger partial charge in [-0.2, -0.15) is 0 Å². The van der Waals surface area contributed by atoms with Crippen molar-refractivity contribution in [3.05, 3.63) is 23.8 Å². The minimum absolute atomic E-state index is 0.253. The Balaban J connectivity index is 2.33. The van der Waals surface area contributed by atoms with E-state index in [9.17, 15) is 0 Å². The molecule has 4 heteroatoms. The van der Waals surface area contributed by atoms with E-state index >= 15 is 0 Å². The normalized spacial score (nSPS) is 23.0. The first-order valence-electron chi connectivity index (χ1n) is 7.82. The predicted octanol–water partition coefficient (Wildman–Crippen LogP) is 3.17. The third-order valence-corrected chi connectivity index (χ3v) is 4.29. The summed E-state index contributed by atoms with van der Waals surface area (Å²) in [5.41, 5.74) is 1.19. The van der Waals surface area contributed by atoms with Crippen LogP contribution in [0, 0.1) is 5.92 Å². The largest absolute Gasteiger partial charge is 0.497 e. The molecule has 0 amide bonds. The first kappa shape index (κ1) is 16.1. The number of methoxy groups -OCH3 is 2. The summed E-state index contributed by atoms with van der Waals surface area (Å²) >= 11 is 0. The molecule has 118 valence electrons. The molecule has 3 unspecified atom stereocenters. The molecule has 1 aromatic carbocycles. The fourth-order valence-electron chi connectivity index (χ4n) is 3.25. The highest BCUT2D eigenvalue weighted by molar-refractivity contribution is 5.43. The molecule has 21 heavy (non-hydrogen) atoms. The maximum absolute atomic E-state index is 5.88. The van der Waals surface area contributed by atoms with Crippen LogP contribution >= 0.6 is 0 Å². The third kappa shape index (κ3) is 3.50. The maximum Gasteiger partial charge on any atom is 0.127 e. The zero-order valence-corrected chi connectivity index (χ0v) is 13.5. The molecule has 0 bridgehead atoms. The average molecular weight is 293 g/mol. The van der Waals surface area contributed by atoms with Gasteiger partial charge in [0.15, 0.2) is 0 Å². The Bertz CT molecular complexity index is 450. The van der Waals surface area contributed by atoms with E-state index in [1.807, 2.05) is 12.1 Å². The summed E-state index contributed by atoms with van der Waals surface area (Å²) in [6, 6.07) is 6.31. The summed E-state index contributed by atoms with van der Waals surface area (Å²) in [5, 5.41) is 3.62. The van der Waals surface area contributed by atoms with E-state index in [1.54, 1.807) is 14.2 Å². The smallest absolute Gasteiger partial charge is 0.127 e. The van der Waals surface area contributed by atoms with Gasteiger partial charge in [-0.05, 0) is 25.5 Å². The van der Waals surface area contributed by atoms with Gasteiger partial charge in [0.1, 0.15) is 11.5 Å². The van der Waals surface area contributed by atoms with E-state index in [4.69, 9.17) is 14.2 Å². The summed E-state index contributed by atoms with van der Waals surface area (Å²) in [6.07, 6.45) is 2.46. The van der Waals surface area contributed by atoms with E-state index in [1.165, 1.54) is 5.56 Å². The van der Waals surface area contributed by atoms with Crippen LogP contribution in [0.25, 0.3) is 0 Å². The first-order chi connectivity index (χ1) is 10.2. The minimum Gasteiger partial charge on any atom is -0.497 e. The Labute approximate surface area is 127 Å². The van der Waals surface area contributed by atoms with E-state index in [0.717, 1.165) is 37.5 Å². The Morgan fingerprint density at radius 1 is 1.29 bits per heavy atom. The fourth-order valence-corrected chi connectivity index (χ4v) is 3.25. The van der Waals surface area contributed by atoms with Gasteiger partial charge in [0.25, 0.3) is 0 Å².